The van der Waals surface area contributed by atoms with E-state index in [0.717, 1.165) is 19.4 Å². The van der Waals surface area contributed by atoms with Crippen molar-refractivity contribution in [2.45, 2.75) is 52.6 Å². The largest absolute Gasteiger partial charge is 0.353 e. The standard InChI is InChI=1S/C30H35FN6O3/c1-30(2,3)27(29(40)33-13-15-36-14-7-6-8-22(38)19-36)34-28(39)26-23-9-4-5-10-25(23)37(35-26)18-21-12-11-20(17-32)16-24(21)31/h4-5,9-12,16,27H,6-8,13-15,18-19H2,1-3H3,(H,33,40)(H,34,39). The number of nitriles is 1. The van der Waals surface area contributed by atoms with Gasteiger partial charge in [-0.3, -0.25) is 24.0 Å². The van der Waals surface area contributed by atoms with Gasteiger partial charge in [0.25, 0.3) is 5.91 Å². The molecule has 2 amide bonds. The second kappa shape index (κ2) is 12.4. The number of likely N-dealkylation sites (tertiary alicyclic amines) is 1. The monoisotopic (exact) mass is 546 g/mol. The van der Waals surface area contributed by atoms with Crippen molar-refractivity contribution in [2.75, 3.05) is 26.2 Å². The Morgan fingerprint density at radius 3 is 2.67 bits per heavy atom. The molecule has 1 fully saturated rings. The van der Waals surface area contributed by atoms with Crippen LogP contribution in [0.4, 0.5) is 4.39 Å². The zero-order valence-electron chi connectivity index (χ0n) is 23.2. The molecule has 2 N–H and O–H groups in total. The molecule has 0 bridgehead atoms. The maximum atomic E-state index is 14.6. The number of Topliss-reactive ketones (excluding diaryl/α,β-unsaturated/α-hetero) is 1. The first-order valence-corrected chi connectivity index (χ1v) is 13.5. The molecule has 9 nitrogen and oxygen atoms in total. The van der Waals surface area contributed by atoms with Crippen molar-refractivity contribution in [3.05, 3.63) is 65.1 Å². The Labute approximate surface area is 233 Å². The summed E-state index contributed by atoms with van der Waals surface area (Å²) in [7, 11) is 0. The van der Waals surface area contributed by atoms with Gasteiger partial charge in [-0.15, -0.1) is 0 Å². The molecule has 2 aromatic carbocycles. The predicted octanol–water partition coefficient (Wildman–Crippen LogP) is 3.41. The van der Waals surface area contributed by atoms with Crippen LogP contribution in [0, 0.1) is 22.6 Å². The number of rotatable bonds is 8. The van der Waals surface area contributed by atoms with Crippen molar-refractivity contribution >= 4 is 28.5 Å². The lowest BCUT2D eigenvalue weighted by atomic mass is 9.86. The molecular formula is C30H35FN6O3. The van der Waals surface area contributed by atoms with Gasteiger partial charge in [-0.1, -0.05) is 45.0 Å². The Kier molecular flexibility index (Phi) is 8.95. The second-order valence-corrected chi connectivity index (χ2v) is 11.3. The third kappa shape index (κ3) is 6.90. The summed E-state index contributed by atoms with van der Waals surface area (Å²) < 4.78 is 16.1. The number of hydrogen-bond donors (Lipinski definition) is 2. The Bertz CT molecular complexity index is 1450. The molecule has 10 heteroatoms. The fourth-order valence-electron chi connectivity index (χ4n) is 4.89. The van der Waals surface area contributed by atoms with Crippen LogP contribution in [0.25, 0.3) is 10.9 Å². The minimum atomic E-state index is -0.842. The van der Waals surface area contributed by atoms with E-state index in [2.05, 4.69) is 20.6 Å². The minimum absolute atomic E-state index is 0.0630. The first kappa shape index (κ1) is 28.9. The fourth-order valence-corrected chi connectivity index (χ4v) is 4.89. The number of aromatic nitrogens is 2. The molecule has 2 heterocycles. The van der Waals surface area contributed by atoms with Crippen molar-refractivity contribution in [3.63, 3.8) is 0 Å². The van der Waals surface area contributed by atoms with Crippen molar-refractivity contribution in [1.82, 2.24) is 25.3 Å². The third-order valence-corrected chi connectivity index (χ3v) is 7.09. The summed E-state index contributed by atoms with van der Waals surface area (Å²) in [5.41, 5.74) is 0.729. The van der Waals surface area contributed by atoms with E-state index in [1.807, 2.05) is 26.8 Å². The Balaban J connectivity index is 1.50. The summed E-state index contributed by atoms with van der Waals surface area (Å²) in [6, 6.07) is 12.5. The van der Waals surface area contributed by atoms with Crippen LogP contribution in [0.5, 0.6) is 0 Å². The zero-order valence-corrected chi connectivity index (χ0v) is 23.2. The molecule has 1 unspecified atom stereocenters. The van der Waals surface area contributed by atoms with Gasteiger partial charge in [-0.2, -0.15) is 10.4 Å². The lowest BCUT2D eigenvalue weighted by molar-refractivity contribution is -0.125. The molecule has 3 aromatic rings. The van der Waals surface area contributed by atoms with Gasteiger partial charge < -0.3 is 10.6 Å². The van der Waals surface area contributed by atoms with Crippen LogP contribution in [0.15, 0.2) is 42.5 Å². The molecule has 4 rings (SSSR count). The number of fused-ring (bicyclic) bond motifs is 1. The van der Waals surface area contributed by atoms with Crippen LogP contribution in [0.2, 0.25) is 0 Å². The Morgan fingerprint density at radius 2 is 1.95 bits per heavy atom. The Hall–Kier alpha value is -4.10. The predicted molar refractivity (Wildman–Crippen MR) is 149 cm³/mol. The van der Waals surface area contributed by atoms with E-state index in [9.17, 15) is 18.8 Å². The number of ketones is 1. The molecule has 0 aliphatic carbocycles. The number of carbonyl (C=O) groups excluding carboxylic acids is 3. The summed E-state index contributed by atoms with van der Waals surface area (Å²) >= 11 is 0. The molecule has 1 aliphatic rings. The normalized spacial score (nSPS) is 15.3. The fraction of sp³-hybridized carbons (Fsp3) is 0.433. The number of amides is 2. The van der Waals surface area contributed by atoms with Crippen LogP contribution in [0.3, 0.4) is 0 Å². The van der Waals surface area contributed by atoms with E-state index in [0.29, 0.717) is 42.5 Å². The highest BCUT2D eigenvalue weighted by molar-refractivity contribution is 6.06. The van der Waals surface area contributed by atoms with Crippen molar-refractivity contribution in [3.8, 4) is 6.07 Å². The topological polar surface area (TPSA) is 120 Å². The molecule has 40 heavy (non-hydrogen) atoms. The number of nitrogens with one attached hydrogen (secondary N) is 2. The molecule has 1 atom stereocenters. The minimum Gasteiger partial charge on any atom is -0.353 e. The number of nitrogens with zero attached hydrogens (tertiary/aromatic N) is 4. The van der Waals surface area contributed by atoms with E-state index >= 15 is 0 Å². The first-order chi connectivity index (χ1) is 19.1. The Morgan fingerprint density at radius 1 is 1.18 bits per heavy atom. The smallest absolute Gasteiger partial charge is 0.273 e. The van der Waals surface area contributed by atoms with Crippen LogP contribution in [0.1, 0.15) is 61.6 Å². The highest BCUT2D eigenvalue weighted by Crippen LogP contribution is 2.23. The summed E-state index contributed by atoms with van der Waals surface area (Å²) in [5.74, 6) is -1.13. The number of hydrogen-bond acceptors (Lipinski definition) is 6. The maximum Gasteiger partial charge on any atom is 0.273 e. The van der Waals surface area contributed by atoms with Crippen LogP contribution < -0.4 is 10.6 Å². The number of benzene rings is 2. The van der Waals surface area contributed by atoms with E-state index in [-0.39, 0.29) is 29.5 Å². The summed E-state index contributed by atoms with van der Waals surface area (Å²) in [6.07, 6.45) is 2.46. The number of para-hydroxylation sites is 1. The molecule has 1 aliphatic heterocycles. The average Bonchev–Trinajstić information content (AvgIpc) is 3.14. The third-order valence-electron chi connectivity index (χ3n) is 7.09. The number of carbonyl (C=O) groups is 3. The van der Waals surface area contributed by atoms with Gasteiger partial charge in [0.05, 0.1) is 30.2 Å². The van der Waals surface area contributed by atoms with Gasteiger partial charge >= 0.3 is 0 Å². The molecule has 1 saturated heterocycles. The van der Waals surface area contributed by atoms with E-state index < -0.39 is 23.2 Å². The van der Waals surface area contributed by atoms with Gasteiger partial charge in [0.15, 0.2) is 5.69 Å². The van der Waals surface area contributed by atoms with Crippen molar-refractivity contribution in [1.29, 1.82) is 5.26 Å². The lowest BCUT2D eigenvalue weighted by Crippen LogP contribution is -2.54. The number of halogens is 1. The first-order valence-electron chi connectivity index (χ1n) is 13.5. The van der Waals surface area contributed by atoms with Gasteiger partial charge in [0.2, 0.25) is 5.91 Å². The molecule has 0 radical (unpaired) electrons. The van der Waals surface area contributed by atoms with Gasteiger partial charge in [0, 0.05) is 30.5 Å². The van der Waals surface area contributed by atoms with E-state index in [1.165, 1.54) is 18.2 Å². The van der Waals surface area contributed by atoms with Crippen molar-refractivity contribution < 1.29 is 18.8 Å². The highest BCUT2D eigenvalue weighted by Gasteiger charge is 2.34. The van der Waals surface area contributed by atoms with E-state index in [1.54, 1.807) is 28.9 Å². The maximum absolute atomic E-state index is 14.6. The van der Waals surface area contributed by atoms with Crippen LogP contribution in [-0.4, -0.2) is 64.5 Å². The highest BCUT2D eigenvalue weighted by atomic mass is 19.1. The van der Waals surface area contributed by atoms with Crippen LogP contribution >= 0.6 is 0 Å². The SMILES string of the molecule is CC(C)(C)C(NC(=O)c1nn(Cc2ccc(C#N)cc2F)c2ccccc12)C(=O)NCCN1CCCCC(=O)C1. The second-order valence-electron chi connectivity index (χ2n) is 11.3. The van der Waals surface area contributed by atoms with Gasteiger partial charge in [-0.25, -0.2) is 4.39 Å². The van der Waals surface area contributed by atoms with E-state index in [4.69, 9.17) is 5.26 Å². The molecule has 1 aromatic heterocycles. The summed E-state index contributed by atoms with van der Waals surface area (Å²) in [4.78, 5) is 40.7. The van der Waals surface area contributed by atoms with Gasteiger partial charge in [-0.05, 0) is 43.0 Å². The quantitative estimate of drug-likeness (QED) is 0.447. The summed E-state index contributed by atoms with van der Waals surface area (Å²) in [5, 5.41) is 19.9. The molecular weight excluding hydrogens is 511 g/mol. The molecule has 0 saturated carbocycles. The average molecular weight is 547 g/mol. The molecule has 0 spiro atoms. The van der Waals surface area contributed by atoms with Crippen LogP contribution in [-0.2, 0) is 16.1 Å². The molecule has 210 valence electrons. The lowest BCUT2D eigenvalue weighted by Gasteiger charge is -2.30. The zero-order chi connectivity index (χ0) is 28.9. The summed E-state index contributed by atoms with van der Waals surface area (Å²) in [6.45, 7) is 7.82. The van der Waals surface area contributed by atoms with Crippen molar-refractivity contribution in [2.24, 2.45) is 5.41 Å². The van der Waals surface area contributed by atoms with Gasteiger partial charge in [0.1, 0.15) is 17.6 Å².